The largest absolute Gasteiger partial charge is 0.388 e. The number of hydrogen-bond donors (Lipinski definition) is 1. The van der Waals surface area contributed by atoms with Gasteiger partial charge >= 0.3 is 0 Å². The Kier molecular flexibility index (Phi) is 6.13. The van der Waals surface area contributed by atoms with Crippen LogP contribution in [-0.2, 0) is 0 Å². The SMILES string of the molecule is CCC(C)(C)N(C)CCC(O)c1cccc(Cl)c1Cl. The first-order valence-corrected chi connectivity index (χ1v) is 7.38. The first-order chi connectivity index (χ1) is 8.79. The van der Waals surface area contributed by atoms with E-state index in [0.29, 0.717) is 22.0 Å². The van der Waals surface area contributed by atoms with Gasteiger partial charge in [0.1, 0.15) is 0 Å². The van der Waals surface area contributed by atoms with E-state index in [4.69, 9.17) is 23.2 Å². The Labute approximate surface area is 126 Å². The zero-order chi connectivity index (χ0) is 14.6. The summed E-state index contributed by atoms with van der Waals surface area (Å²) in [7, 11) is 2.08. The van der Waals surface area contributed by atoms with Crippen molar-refractivity contribution < 1.29 is 5.11 Å². The van der Waals surface area contributed by atoms with Gasteiger partial charge in [0.2, 0.25) is 0 Å². The molecule has 0 amide bonds. The fraction of sp³-hybridized carbons (Fsp3) is 0.600. The van der Waals surface area contributed by atoms with Gasteiger partial charge < -0.3 is 10.0 Å². The van der Waals surface area contributed by atoms with Gasteiger partial charge in [-0.05, 0) is 39.8 Å². The Bertz CT molecular complexity index is 421. The Morgan fingerprint density at radius 2 is 1.95 bits per heavy atom. The summed E-state index contributed by atoms with van der Waals surface area (Å²) >= 11 is 12.1. The molecule has 0 saturated carbocycles. The Morgan fingerprint density at radius 1 is 1.32 bits per heavy atom. The molecule has 1 unspecified atom stereocenters. The summed E-state index contributed by atoms with van der Waals surface area (Å²) in [5.74, 6) is 0. The number of aliphatic hydroxyl groups is 1. The van der Waals surface area contributed by atoms with Crippen molar-refractivity contribution in [1.82, 2.24) is 4.90 Å². The highest BCUT2D eigenvalue weighted by Crippen LogP contribution is 2.31. The maximum atomic E-state index is 10.2. The van der Waals surface area contributed by atoms with E-state index in [1.54, 1.807) is 6.07 Å². The van der Waals surface area contributed by atoms with Gasteiger partial charge in [0, 0.05) is 17.6 Å². The Hall–Kier alpha value is -0.280. The number of benzene rings is 1. The van der Waals surface area contributed by atoms with Gasteiger partial charge in [-0.2, -0.15) is 0 Å². The third kappa shape index (κ3) is 4.35. The third-order valence-corrected chi connectivity index (χ3v) is 4.81. The molecule has 0 radical (unpaired) electrons. The smallest absolute Gasteiger partial charge is 0.0817 e. The lowest BCUT2D eigenvalue weighted by atomic mass is 9.98. The van der Waals surface area contributed by atoms with Gasteiger partial charge in [-0.25, -0.2) is 0 Å². The first-order valence-electron chi connectivity index (χ1n) is 6.62. The van der Waals surface area contributed by atoms with Crippen molar-refractivity contribution in [3.05, 3.63) is 33.8 Å². The van der Waals surface area contributed by atoms with E-state index in [1.807, 2.05) is 12.1 Å². The van der Waals surface area contributed by atoms with Crippen LogP contribution in [0.25, 0.3) is 0 Å². The highest BCUT2D eigenvalue weighted by Gasteiger charge is 2.22. The molecule has 1 rings (SSSR count). The zero-order valence-corrected chi connectivity index (χ0v) is 13.6. The summed E-state index contributed by atoms with van der Waals surface area (Å²) in [5.41, 5.74) is 0.842. The topological polar surface area (TPSA) is 23.5 Å². The fourth-order valence-corrected chi connectivity index (χ4v) is 2.26. The van der Waals surface area contributed by atoms with Crippen molar-refractivity contribution in [2.45, 2.75) is 45.3 Å². The van der Waals surface area contributed by atoms with Crippen LogP contribution in [0.3, 0.4) is 0 Å². The van der Waals surface area contributed by atoms with Crippen LogP contribution in [0.5, 0.6) is 0 Å². The van der Waals surface area contributed by atoms with Gasteiger partial charge in [-0.3, -0.25) is 0 Å². The maximum absolute atomic E-state index is 10.2. The van der Waals surface area contributed by atoms with Gasteiger partial charge in [-0.15, -0.1) is 0 Å². The summed E-state index contributed by atoms with van der Waals surface area (Å²) < 4.78 is 0. The fourth-order valence-electron chi connectivity index (χ4n) is 1.82. The van der Waals surface area contributed by atoms with Crippen LogP contribution in [0.15, 0.2) is 18.2 Å². The molecule has 1 N–H and O–H groups in total. The Balaban J connectivity index is 2.66. The van der Waals surface area contributed by atoms with Gasteiger partial charge in [-0.1, -0.05) is 42.3 Å². The maximum Gasteiger partial charge on any atom is 0.0817 e. The van der Waals surface area contributed by atoms with Crippen molar-refractivity contribution >= 4 is 23.2 Å². The Morgan fingerprint density at radius 3 is 2.53 bits per heavy atom. The van der Waals surface area contributed by atoms with Crippen LogP contribution in [0, 0.1) is 0 Å². The average molecular weight is 304 g/mol. The average Bonchev–Trinajstić information content (AvgIpc) is 2.38. The number of hydrogen-bond acceptors (Lipinski definition) is 2. The molecule has 19 heavy (non-hydrogen) atoms. The highest BCUT2D eigenvalue weighted by molar-refractivity contribution is 6.42. The third-order valence-electron chi connectivity index (χ3n) is 3.98. The monoisotopic (exact) mass is 303 g/mol. The summed E-state index contributed by atoms with van der Waals surface area (Å²) in [6.45, 7) is 7.38. The molecular formula is C15H23Cl2NO. The van der Waals surface area contributed by atoms with Crippen LogP contribution in [-0.4, -0.2) is 29.1 Å². The predicted molar refractivity (Wildman–Crippen MR) is 83.0 cm³/mol. The molecule has 1 aromatic rings. The first kappa shape index (κ1) is 16.8. The van der Waals surface area contributed by atoms with E-state index in [1.165, 1.54) is 0 Å². The van der Waals surface area contributed by atoms with Crippen LogP contribution < -0.4 is 0 Å². The molecule has 0 aliphatic heterocycles. The van der Waals surface area contributed by atoms with E-state index >= 15 is 0 Å². The van der Waals surface area contributed by atoms with E-state index in [-0.39, 0.29) is 5.54 Å². The number of nitrogens with zero attached hydrogens (tertiary/aromatic N) is 1. The molecule has 0 bridgehead atoms. The molecule has 0 aromatic heterocycles. The summed E-state index contributed by atoms with van der Waals surface area (Å²) in [6, 6.07) is 5.36. The molecule has 0 spiro atoms. The second-order valence-electron chi connectivity index (χ2n) is 5.54. The minimum Gasteiger partial charge on any atom is -0.388 e. The van der Waals surface area contributed by atoms with Crippen LogP contribution in [0.4, 0.5) is 0 Å². The quantitative estimate of drug-likeness (QED) is 0.834. The van der Waals surface area contributed by atoms with Gasteiger partial charge in [0.15, 0.2) is 0 Å². The van der Waals surface area contributed by atoms with Crippen molar-refractivity contribution in [3.63, 3.8) is 0 Å². The number of halogens is 2. The molecule has 0 saturated heterocycles. The summed E-state index contributed by atoms with van der Waals surface area (Å²) in [5, 5.41) is 11.2. The lowest BCUT2D eigenvalue weighted by Gasteiger charge is -2.35. The van der Waals surface area contributed by atoms with E-state index in [0.717, 1.165) is 13.0 Å². The molecule has 1 atom stereocenters. The molecule has 108 valence electrons. The normalized spacial score (nSPS) is 13.9. The molecule has 0 aliphatic rings. The minimum atomic E-state index is -0.582. The minimum absolute atomic E-state index is 0.137. The lowest BCUT2D eigenvalue weighted by molar-refractivity contribution is 0.105. The molecule has 0 fully saturated rings. The van der Waals surface area contributed by atoms with E-state index in [9.17, 15) is 5.11 Å². The molecule has 1 aromatic carbocycles. The standard InChI is InChI=1S/C15H23Cl2NO/c1-5-15(2,3)18(4)10-9-13(19)11-7-6-8-12(16)14(11)17/h6-8,13,19H,5,9-10H2,1-4H3. The van der Waals surface area contributed by atoms with Crippen molar-refractivity contribution in [1.29, 1.82) is 0 Å². The van der Waals surface area contributed by atoms with Crippen molar-refractivity contribution in [2.75, 3.05) is 13.6 Å². The van der Waals surface area contributed by atoms with Crippen LogP contribution in [0.1, 0.15) is 45.3 Å². The second-order valence-corrected chi connectivity index (χ2v) is 6.32. The van der Waals surface area contributed by atoms with E-state index in [2.05, 4.69) is 32.7 Å². The van der Waals surface area contributed by atoms with Crippen molar-refractivity contribution in [2.24, 2.45) is 0 Å². The van der Waals surface area contributed by atoms with Crippen molar-refractivity contribution in [3.8, 4) is 0 Å². The predicted octanol–water partition coefficient (Wildman–Crippen LogP) is 4.54. The second kappa shape index (κ2) is 6.94. The van der Waals surface area contributed by atoms with Gasteiger partial charge in [0.05, 0.1) is 16.1 Å². The molecule has 0 heterocycles. The molecule has 2 nitrogen and oxygen atoms in total. The molecule has 4 heteroatoms. The molecule has 0 aliphatic carbocycles. The molecular weight excluding hydrogens is 281 g/mol. The number of aliphatic hydroxyl groups excluding tert-OH is 1. The lowest BCUT2D eigenvalue weighted by Crippen LogP contribution is -2.41. The highest BCUT2D eigenvalue weighted by atomic mass is 35.5. The zero-order valence-electron chi connectivity index (χ0n) is 12.1. The van der Waals surface area contributed by atoms with Gasteiger partial charge in [0.25, 0.3) is 0 Å². The number of rotatable bonds is 6. The summed E-state index contributed by atoms with van der Waals surface area (Å²) in [4.78, 5) is 2.26. The van der Waals surface area contributed by atoms with Crippen LogP contribution >= 0.6 is 23.2 Å². The summed E-state index contributed by atoms with van der Waals surface area (Å²) in [6.07, 6.45) is 1.12. The van der Waals surface area contributed by atoms with Crippen LogP contribution in [0.2, 0.25) is 10.0 Å². The van der Waals surface area contributed by atoms with E-state index < -0.39 is 6.10 Å².